The highest BCUT2D eigenvalue weighted by molar-refractivity contribution is 7.89. The molecule has 11 heteroatoms. The van der Waals surface area contributed by atoms with E-state index in [0.29, 0.717) is 12.8 Å². The van der Waals surface area contributed by atoms with Gasteiger partial charge in [-0.15, -0.1) is 11.3 Å². The molecule has 0 spiro atoms. The highest BCUT2D eigenvalue weighted by Crippen LogP contribution is 2.32. The molecule has 1 fully saturated rings. The zero-order valence-corrected chi connectivity index (χ0v) is 20.9. The van der Waals surface area contributed by atoms with Gasteiger partial charge < -0.3 is 15.2 Å². The number of piperidine rings is 1. The fourth-order valence-corrected chi connectivity index (χ4v) is 6.20. The molecule has 2 heterocycles. The summed E-state index contributed by atoms with van der Waals surface area (Å²) in [6.45, 7) is 5.69. The lowest BCUT2D eigenvalue weighted by Crippen LogP contribution is -2.40. The Balaban J connectivity index is 1.64. The van der Waals surface area contributed by atoms with E-state index in [1.807, 2.05) is 19.9 Å². The minimum atomic E-state index is -3.65. The zero-order chi connectivity index (χ0) is 25.0. The molecule has 1 aliphatic heterocycles. The predicted molar refractivity (Wildman–Crippen MR) is 127 cm³/mol. The van der Waals surface area contributed by atoms with Gasteiger partial charge in [0.1, 0.15) is 22.6 Å². The van der Waals surface area contributed by atoms with E-state index >= 15 is 0 Å². The van der Waals surface area contributed by atoms with Crippen LogP contribution in [-0.4, -0.2) is 44.4 Å². The summed E-state index contributed by atoms with van der Waals surface area (Å²) in [5.74, 6) is -1.62. The number of hydrogen-bond acceptors (Lipinski definition) is 9. The van der Waals surface area contributed by atoms with Gasteiger partial charge in [-0.25, -0.2) is 13.2 Å². The quantitative estimate of drug-likeness (QED) is 0.566. The number of carbonyl (C=O) groups excluding carboxylic acids is 2. The number of esters is 2. The third kappa shape index (κ3) is 5.24. The Morgan fingerprint density at radius 2 is 1.88 bits per heavy atom. The van der Waals surface area contributed by atoms with Gasteiger partial charge in [-0.1, -0.05) is 6.07 Å². The number of ether oxygens (including phenoxy) is 2. The number of aryl methyl sites for hydroxylation is 2. The number of nitriles is 1. The van der Waals surface area contributed by atoms with Gasteiger partial charge in [0.2, 0.25) is 10.0 Å². The molecule has 34 heavy (non-hydrogen) atoms. The Morgan fingerprint density at radius 1 is 1.21 bits per heavy atom. The number of nitrogens with zero attached hydrogens (tertiary/aromatic N) is 2. The van der Waals surface area contributed by atoms with E-state index in [2.05, 4.69) is 0 Å². The number of rotatable bonds is 7. The van der Waals surface area contributed by atoms with Crippen molar-refractivity contribution in [2.24, 2.45) is 5.92 Å². The second-order valence-corrected chi connectivity index (χ2v) is 11.0. The summed E-state index contributed by atoms with van der Waals surface area (Å²) in [7, 11) is -3.65. The van der Waals surface area contributed by atoms with Crippen LogP contribution in [0.2, 0.25) is 0 Å². The van der Waals surface area contributed by atoms with Crippen molar-refractivity contribution < 1.29 is 27.5 Å². The van der Waals surface area contributed by atoms with Crippen LogP contribution in [0.25, 0.3) is 0 Å². The van der Waals surface area contributed by atoms with Crippen LogP contribution in [-0.2, 0) is 30.9 Å². The largest absolute Gasteiger partial charge is 0.462 e. The second kappa shape index (κ2) is 10.5. The van der Waals surface area contributed by atoms with Crippen LogP contribution in [0.5, 0.6) is 0 Å². The summed E-state index contributed by atoms with van der Waals surface area (Å²) < 4.78 is 37.8. The van der Waals surface area contributed by atoms with Gasteiger partial charge in [-0.3, -0.25) is 4.79 Å². The Kier molecular flexibility index (Phi) is 7.97. The Labute approximate surface area is 203 Å². The van der Waals surface area contributed by atoms with Gasteiger partial charge in [-0.05, 0) is 56.9 Å². The molecule has 2 N–H and O–H groups in total. The molecule has 9 nitrogen and oxygen atoms in total. The number of sulfonamides is 1. The topological polar surface area (TPSA) is 140 Å². The first-order valence-corrected chi connectivity index (χ1v) is 13.1. The number of nitrogen functional groups attached to an aromatic ring is 1. The lowest BCUT2D eigenvalue weighted by Gasteiger charge is -2.30. The van der Waals surface area contributed by atoms with E-state index in [0.717, 1.165) is 22.5 Å². The van der Waals surface area contributed by atoms with E-state index in [4.69, 9.17) is 15.2 Å². The van der Waals surface area contributed by atoms with Crippen molar-refractivity contribution in [3.05, 3.63) is 45.3 Å². The molecule has 1 aromatic heterocycles. The average molecular weight is 506 g/mol. The lowest BCUT2D eigenvalue weighted by molar-refractivity contribution is -0.151. The van der Waals surface area contributed by atoms with E-state index in [1.54, 1.807) is 25.1 Å². The summed E-state index contributed by atoms with van der Waals surface area (Å²) in [6, 6.07) is 6.98. The molecule has 0 aliphatic carbocycles. The minimum absolute atomic E-state index is 0.0927. The maximum Gasteiger partial charge on any atom is 0.348 e. The first kappa shape index (κ1) is 25.7. The molecule has 1 aliphatic rings. The highest BCUT2D eigenvalue weighted by atomic mass is 32.2. The van der Waals surface area contributed by atoms with Crippen molar-refractivity contribution in [3.8, 4) is 6.07 Å². The minimum Gasteiger partial charge on any atom is -0.462 e. The van der Waals surface area contributed by atoms with Crippen LogP contribution in [0.1, 0.15) is 51.7 Å². The molecule has 0 radical (unpaired) electrons. The van der Waals surface area contributed by atoms with E-state index in [-0.39, 0.29) is 52.2 Å². The normalized spacial score (nSPS) is 15.0. The Morgan fingerprint density at radius 3 is 2.47 bits per heavy atom. The smallest absolute Gasteiger partial charge is 0.348 e. The molecule has 1 aromatic carbocycles. The molecule has 0 saturated carbocycles. The molecule has 182 valence electrons. The molecule has 1 saturated heterocycles. The number of nitrogens with two attached hydrogens (primary N) is 1. The lowest BCUT2D eigenvalue weighted by atomic mass is 9.98. The first-order valence-electron chi connectivity index (χ1n) is 10.8. The van der Waals surface area contributed by atoms with Gasteiger partial charge in [-0.2, -0.15) is 9.57 Å². The van der Waals surface area contributed by atoms with Gasteiger partial charge in [0.15, 0.2) is 0 Å². The summed E-state index contributed by atoms with van der Waals surface area (Å²) in [5, 5.41) is 9.55. The van der Waals surface area contributed by atoms with Crippen LogP contribution < -0.4 is 5.73 Å². The third-order valence-corrected chi connectivity index (χ3v) is 8.80. The van der Waals surface area contributed by atoms with Crippen molar-refractivity contribution in [2.45, 2.75) is 45.1 Å². The molecular weight excluding hydrogens is 478 g/mol. The molecule has 0 atom stereocenters. The SMILES string of the molecule is CCOC(=O)c1sc(N)c(C#N)c1COC(=O)C1CCN(S(=O)(=O)c2ccc(C)c(C)c2)CC1. The first-order chi connectivity index (χ1) is 16.1. The van der Waals surface area contributed by atoms with Crippen molar-refractivity contribution in [1.29, 1.82) is 5.26 Å². The summed E-state index contributed by atoms with van der Waals surface area (Å²) in [4.78, 5) is 25.3. The monoisotopic (exact) mass is 505 g/mol. The summed E-state index contributed by atoms with van der Waals surface area (Å²) >= 11 is 0.920. The number of thiophene rings is 1. The maximum absolute atomic E-state index is 13.0. The summed E-state index contributed by atoms with van der Waals surface area (Å²) in [6.07, 6.45) is 0.620. The van der Waals surface area contributed by atoms with Crippen LogP contribution in [0.4, 0.5) is 5.00 Å². The van der Waals surface area contributed by atoms with Crippen LogP contribution in [0, 0.1) is 31.1 Å². The van der Waals surface area contributed by atoms with Gasteiger partial charge >= 0.3 is 11.9 Å². The zero-order valence-electron chi connectivity index (χ0n) is 19.3. The van der Waals surface area contributed by atoms with Crippen molar-refractivity contribution >= 4 is 38.3 Å². The Hall–Kier alpha value is -2.94. The maximum atomic E-state index is 13.0. The second-order valence-electron chi connectivity index (χ2n) is 8.01. The van der Waals surface area contributed by atoms with Crippen molar-refractivity contribution in [1.82, 2.24) is 4.31 Å². The van der Waals surface area contributed by atoms with Gasteiger partial charge in [0, 0.05) is 18.7 Å². The van der Waals surface area contributed by atoms with E-state index in [9.17, 15) is 23.3 Å². The number of benzene rings is 1. The predicted octanol–water partition coefficient (Wildman–Crippen LogP) is 3.14. The molecule has 2 aromatic rings. The van der Waals surface area contributed by atoms with Crippen molar-refractivity contribution in [2.75, 3.05) is 25.4 Å². The van der Waals surface area contributed by atoms with Crippen LogP contribution in [0.15, 0.2) is 23.1 Å². The van der Waals surface area contributed by atoms with Gasteiger partial charge in [0.05, 0.1) is 23.0 Å². The number of carbonyl (C=O) groups is 2. The number of hydrogen-bond donors (Lipinski definition) is 1. The molecule has 0 bridgehead atoms. The van der Waals surface area contributed by atoms with Crippen molar-refractivity contribution in [3.63, 3.8) is 0 Å². The van der Waals surface area contributed by atoms with E-state index < -0.39 is 27.9 Å². The standard InChI is InChI=1S/C23H27N3O6S2/c1-4-31-23(28)20-19(18(12-24)21(25)33-20)13-32-22(27)16-7-9-26(10-8-16)34(29,30)17-6-5-14(2)15(3)11-17/h5-6,11,16H,4,7-10,13,25H2,1-3H3. The average Bonchev–Trinajstić information content (AvgIpc) is 3.14. The Bertz CT molecular complexity index is 1240. The van der Waals surface area contributed by atoms with E-state index in [1.165, 1.54) is 4.31 Å². The molecular formula is C23H27N3O6S2. The third-order valence-electron chi connectivity index (χ3n) is 5.87. The molecule has 3 rings (SSSR count). The van der Waals surface area contributed by atoms with Crippen LogP contribution in [0.3, 0.4) is 0 Å². The number of anilines is 1. The molecule has 0 amide bonds. The fraction of sp³-hybridized carbons (Fsp3) is 0.435. The molecule has 0 unspecified atom stereocenters. The van der Waals surface area contributed by atoms with Crippen LogP contribution >= 0.6 is 11.3 Å². The highest BCUT2D eigenvalue weighted by Gasteiger charge is 2.33. The van der Waals surface area contributed by atoms with Gasteiger partial charge in [0.25, 0.3) is 0 Å². The summed E-state index contributed by atoms with van der Waals surface area (Å²) in [5.41, 5.74) is 8.07. The fourth-order valence-electron chi connectivity index (χ4n) is 3.72.